The first-order valence-corrected chi connectivity index (χ1v) is 11.8. The van der Waals surface area contributed by atoms with Crippen molar-refractivity contribution in [1.29, 1.82) is 0 Å². The van der Waals surface area contributed by atoms with E-state index in [2.05, 4.69) is 35.7 Å². The summed E-state index contributed by atoms with van der Waals surface area (Å²) in [5, 5.41) is 10.3. The van der Waals surface area contributed by atoms with Crippen molar-refractivity contribution in [3.8, 4) is 0 Å². The molecule has 166 valence electrons. The Bertz CT molecular complexity index is 1220. The van der Waals surface area contributed by atoms with Gasteiger partial charge in [0.15, 0.2) is 0 Å². The molecule has 0 saturated heterocycles. The summed E-state index contributed by atoms with van der Waals surface area (Å²) in [7, 11) is 0. The van der Waals surface area contributed by atoms with Crippen LogP contribution in [0.3, 0.4) is 0 Å². The number of nitrogens with one attached hydrogen (secondary N) is 1. The first-order chi connectivity index (χ1) is 16.1. The zero-order chi connectivity index (χ0) is 22.8. The minimum absolute atomic E-state index is 0.149. The number of amides is 2. The van der Waals surface area contributed by atoms with Crippen LogP contribution < -0.4 is 5.32 Å². The molecular formula is C27H23Cl2N3O. The van der Waals surface area contributed by atoms with Gasteiger partial charge in [0, 0.05) is 11.6 Å². The Morgan fingerprint density at radius 2 is 1.70 bits per heavy atom. The van der Waals surface area contributed by atoms with Crippen molar-refractivity contribution in [2.45, 2.75) is 25.3 Å². The van der Waals surface area contributed by atoms with Crippen LogP contribution >= 0.6 is 23.2 Å². The Morgan fingerprint density at radius 3 is 2.42 bits per heavy atom. The van der Waals surface area contributed by atoms with E-state index in [0.29, 0.717) is 15.7 Å². The number of halogens is 2. The topological polar surface area (TPSA) is 44.7 Å². The maximum absolute atomic E-state index is 13.4. The predicted octanol–water partition coefficient (Wildman–Crippen LogP) is 7.82. The van der Waals surface area contributed by atoms with E-state index in [1.165, 1.54) is 5.57 Å². The van der Waals surface area contributed by atoms with Crippen LogP contribution in [0.1, 0.15) is 36.4 Å². The molecule has 2 atom stereocenters. The van der Waals surface area contributed by atoms with Gasteiger partial charge in [-0.15, -0.1) is 0 Å². The molecule has 0 bridgehead atoms. The summed E-state index contributed by atoms with van der Waals surface area (Å²) in [6, 6.07) is 25.0. The highest BCUT2D eigenvalue weighted by Crippen LogP contribution is 2.44. The molecule has 0 aromatic heterocycles. The van der Waals surface area contributed by atoms with Gasteiger partial charge >= 0.3 is 6.03 Å². The molecule has 1 saturated carbocycles. The fourth-order valence-corrected chi connectivity index (χ4v) is 4.95. The number of benzene rings is 3. The molecule has 3 aromatic rings. The average molecular weight is 476 g/mol. The summed E-state index contributed by atoms with van der Waals surface area (Å²) in [5.41, 5.74) is 5.00. The lowest BCUT2D eigenvalue weighted by atomic mass is 9.77. The number of carbonyl (C=O) groups is 1. The van der Waals surface area contributed by atoms with Crippen LogP contribution in [-0.4, -0.2) is 16.8 Å². The van der Waals surface area contributed by atoms with Gasteiger partial charge in [-0.1, -0.05) is 83.9 Å². The van der Waals surface area contributed by atoms with Crippen molar-refractivity contribution in [2.24, 2.45) is 11.0 Å². The van der Waals surface area contributed by atoms with E-state index in [9.17, 15) is 4.79 Å². The molecule has 2 amide bonds. The minimum Gasteiger partial charge on any atom is -0.306 e. The summed E-state index contributed by atoms with van der Waals surface area (Å²) >= 11 is 12.2. The van der Waals surface area contributed by atoms with Crippen LogP contribution in [0.25, 0.3) is 6.08 Å². The van der Waals surface area contributed by atoms with Gasteiger partial charge < -0.3 is 5.32 Å². The highest BCUT2D eigenvalue weighted by Gasteiger charge is 2.43. The lowest BCUT2D eigenvalue weighted by Gasteiger charge is -2.29. The normalized spacial score (nSPS) is 21.0. The number of hydrogen-bond donors (Lipinski definition) is 1. The highest BCUT2D eigenvalue weighted by molar-refractivity contribution is 6.42. The third-order valence-corrected chi connectivity index (χ3v) is 6.90. The molecule has 2 aliphatic rings. The molecule has 1 heterocycles. The molecule has 3 aromatic carbocycles. The zero-order valence-electron chi connectivity index (χ0n) is 17.9. The van der Waals surface area contributed by atoms with Crippen molar-refractivity contribution >= 4 is 46.7 Å². The number of hydrogen-bond acceptors (Lipinski definition) is 2. The summed E-state index contributed by atoms with van der Waals surface area (Å²) < 4.78 is 0. The molecule has 0 radical (unpaired) electrons. The van der Waals surface area contributed by atoms with Gasteiger partial charge in [0.1, 0.15) is 0 Å². The van der Waals surface area contributed by atoms with Gasteiger partial charge in [0.25, 0.3) is 0 Å². The molecule has 0 spiro atoms. The van der Waals surface area contributed by atoms with E-state index in [4.69, 9.17) is 28.3 Å². The van der Waals surface area contributed by atoms with E-state index in [0.717, 1.165) is 36.1 Å². The number of allylic oxidation sites excluding steroid dienone is 1. The molecule has 4 nitrogen and oxygen atoms in total. The minimum atomic E-state index is -0.289. The van der Waals surface area contributed by atoms with Crippen LogP contribution in [0.5, 0.6) is 0 Å². The molecule has 6 heteroatoms. The SMILES string of the molecule is O=C(Nc1ccc(Cl)c(Cl)c1)N1N=C2/C(=C/c3ccccc3)CCC[C@H]2[C@H]1c1ccccc1. The van der Waals surface area contributed by atoms with Gasteiger partial charge in [0.2, 0.25) is 0 Å². The first kappa shape index (κ1) is 21.7. The summed E-state index contributed by atoms with van der Waals surface area (Å²) in [6.45, 7) is 0. The average Bonchev–Trinajstić information content (AvgIpc) is 3.24. The molecule has 1 fully saturated rings. The van der Waals surface area contributed by atoms with E-state index < -0.39 is 0 Å². The second-order valence-corrected chi connectivity index (χ2v) is 9.14. The Kier molecular flexibility index (Phi) is 6.21. The third-order valence-electron chi connectivity index (χ3n) is 6.16. The van der Waals surface area contributed by atoms with Gasteiger partial charge in [0.05, 0.1) is 21.8 Å². The van der Waals surface area contributed by atoms with E-state index in [-0.39, 0.29) is 18.0 Å². The monoisotopic (exact) mass is 475 g/mol. The Balaban J connectivity index is 1.51. The fourth-order valence-electron chi connectivity index (χ4n) is 4.66. The molecule has 1 N–H and O–H groups in total. The Morgan fingerprint density at radius 1 is 0.970 bits per heavy atom. The van der Waals surface area contributed by atoms with Crippen LogP contribution in [-0.2, 0) is 0 Å². The number of anilines is 1. The van der Waals surface area contributed by atoms with Gasteiger partial charge in [-0.25, -0.2) is 9.80 Å². The lowest BCUT2D eigenvalue weighted by Crippen LogP contribution is -2.34. The van der Waals surface area contributed by atoms with Crippen molar-refractivity contribution in [2.75, 3.05) is 5.32 Å². The molecule has 33 heavy (non-hydrogen) atoms. The lowest BCUT2D eigenvalue weighted by molar-refractivity contribution is 0.188. The predicted molar refractivity (Wildman–Crippen MR) is 136 cm³/mol. The maximum Gasteiger partial charge on any atom is 0.342 e. The molecule has 1 aliphatic carbocycles. The quantitative estimate of drug-likeness (QED) is 0.412. The highest BCUT2D eigenvalue weighted by atomic mass is 35.5. The zero-order valence-corrected chi connectivity index (χ0v) is 19.4. The van der Waals surface area contributed by atoms with E-state index in [1.54, 1.807) is 23.2 Å². The smallest absolute Gasteiger partial charge is 0.306 e. The number of fused-ring (bicyclic) bond motifs is 1. The van der Waals surface area contributed by atoms with Gasteiger partial charge in [-0.05, 0) is 60.2 Å². The summed E-state index contributed by atoms with van der Waals surface area (Å²) in [5.74, 6) is 0.149. The second kappa shape index (κ2) is 9.42. The van der Waals surface area contributed by atoms with E-state index >= 15 is 0 Å². The van der Waals surface area contributed by atoms with Crippen LogP contribution in [0.2, 0.25) is 10.0 Å². The number of carbonyl (C=O) groups excluding carboxylic acids is 1. The molecule has 1 aliphatic heterocycles. The number of rotatable bonds is 3. The third kappa shape index (κ3) is 4.54. The Hall–Kier alpha value is -3.08. The number of hydrazone groups is 1. The van der Waals surface area contributed by atoms with Crippen LogP contribution in [0, 0.1) is 5.92 Å². The van der Waals surface area contributed by atoms with Crippen molar-refractivity contribution in [3.63, 3.8) is 0 Å². The first-order valence-electron chi connectivity index (χ1n) is 11.0. The molecular weight excluding hydrogens is 453 g/mol. The largest absolute Gasteiger partial charge is 0.342 e. The van der Waals surface area contributed by atoms with Crippen LogP contribution in [0.15, 0.2) is 89.5 Å². The number of urea groups is 1. The summed E-state index contributed by atoms with van der Waals surface area (Å²) in [6.07, 6.45) is 5.20. The standard InChI is InChI=1S/C27H23Cl2N3O/c28-23-15-14-21(17-24(23)29)30-27(33)32-26(19-10-5-2-6-11-19)22-13-7-12-20(25(22)31-32)16-18-8-3-1-4-9-18/h1-6,8-11,14-17,22,26H,7,12-13H2,(H,30,33)/b20-16+/t22-,26-/m1/s1. The van der Waals surface area contributed by atoms with Crippen molar-refractivity contribution in [3.05, 3.63) is 106 Å². The van der Waals surface area contributed by atoms with Gasteiger partial charge in [-0.2, -0.15) is 5.10 Å². The van der Waals surface area contributed by atoms with Gasteiger partial charge in [-0.3, -0.25) is 0 Å². The fraction of sp³-hybridized carbons (Fsp3) is 0.185. The van der Waals surface area contributed by atoms with Crippen molar-refractivity contribution in [1.82, 2.24) is 5.01 Å². The summed E-state index contributed by atoms with van der Waals surface area (Å²) in [4.78, 5) is 13.4. The number of nitrogens with zero attached hydrogens (tertiary/aromatic N) is 2. The second-order valence-electron chi connectivity index (χ2n) is 8.32. The maximum atomic E-state index is 13.4. The molecule has 0 unspecified atom stereocenters. The van der Waals surface area contributed by atoms with Crippen LogP contribution in [0.4, 0.5) is 10.5 Å². The molecule has 5 rings (SSSR count). The Labute approximate surface area is 203 Å². The van der Waals surface area contributed by atoms with E-state index in [1.807, 2.05) is 36.4 Å². The van der Waals surface area contributed by atoms with Crippen molar-refractivity contribution < 1.29 is 4.79 Å².